The van der Waals surface area contributed by atoms with Crippen LogP contribution in [-0.4, -0.2) is 22.5 Å². The van der Waals surface area contributed by atoms with Crippen LogP contribution in [0.4, 0.5) is 0 Å². The van der Waals surface area contributed by atoms with E-state index in [9.17, 15) is 4.79 Å². The average molecular weight is 378 g/mol. The van der Waals surface area contributed by atoms with Crippen molar-refractivity contribution >= 4 is 5.97 Å². The zero-order valence-corrected chi connectivity index (χ0v) is 15.7. The standard InChI is InChI=1S/C22H22N2O4/c1-2-26-20(25)13-19-21(27-14-17-9-5-3-6-10-17)22(24-16-23-19)28-15-18-11-7-4-8-12-18/h3-12,16H,2,13-15H2,1H3. The van der Waals surface area contributed by atoms with Crippen molar-refractivity contribution in [3.05, 3.63) is 83.8 Å². The lowest BCUT2D eigenvalue weighted by molar-refractivity contribution is -0.142. The molecule has 0 fully saturated rings. The van der Waals surface area contributed by atoms with Crippen LogP contribution in [0.1, 0.15) is 23.7 Å². The molecule has 0 spiro atoms. The van der Waals surface area contributed by atoms with E-state index in [0.717, 1.165) is 11.1 Å². The molecule has 0 amide bonds. The molecule has 0 radical (unpaired) electrons. The van der Waals surface area contributed by atoms with E-state index in [-0.39, 0.29) is 12.4 Å². The van der Waals surface area contributed by atoms with Gasteiger partial charge in [0, 0.05) is 0 Å². The number of hydrogen-bond acceptors (Lipinski definition) is 6. The lowest BCUT2D eigenvalue weighted by Gasteiger charge is -2.14. The number of carbonyl (C=O) groups is 1. The van der Waals surface area contributed by atoms with Crippen molar-refractivity contribution in [3.63, 3.8) is 0 Å². The minimum absolute atomic E-state index is 0.0117. The first-order chi connectivity index (χ1) is 13.8. The highest BCUT2D eigenvalue weighted by molar-refractivity contribution is 5.73. The highest BCUT2D eigenvalue weighted by atomic mass is 16.5. The Kier molecular flexibility index (Phi) is 6.95. The van der Waals surface area contributed by atoms with E-state index in [1.165, 1.54) is 6.33 Å². The Morgan fingerprint density at radius 1 is 0.857 bits per heavy atom. The van der Waals surface area contributed by atoms with Gasteiger partial charge in [-0.2, -0.15) is 4.98 Å². The normalized spacial score (nSPS) is 10.3. The summed E-state index contributed by atoms with van der Waals surface area (Å²) in [5.41, 5.74) is 2.43. The molecule has 3 aromatic rings. The summed E-state index contributed by atoms with van der Waals surface area (Å²) >= 11 is 0. The lowest BCUT2D eigenvalue weighted by atomic mass is 10.2. The molecule has 2 aromatic carbocycles. The minimum atomic E-state index is -0.375. The first-order valence-electron chi connectivity index (χ1n) is 9.09. The molecular formula is C22H22N2O4. The van der Waals surface area contributed by atoms with Crippen molar-refractivity contribution in [3.8, 4) is 11.6 Å². The van der Waals surface area contributed by atoms with Crippen LogP contribution in [0.2, 0.25) is 0 Å². The molecule has 1 aromatic heterocycles. The molecule has 3 rings (SSSR count). The maximum Gasteiger partial charge on any atom is 0.312 e. The minimum Gasteiger partial charge on any atom is -0.482 e. The van der Waals surface area contributed by atoms with Gasteiger partial charge in [0.05, 0.1) is 13.0 Å². The molecule has 0 unspecified atom stereocenters. The Bertz CT molecular complexity index is 886. The van der Waals surface area contributed by atoms with E-state index in [1.807, 2.05) is 60.7 Å². The Hall–Kier alpha value is -3.41. The Morgan fingerprint density at radius 3 is 2.07 bits per heavy atom. The zero-order valence-electron chi connectivity index (χ0n) is 15.7. The van der Waals surface area contributed by atoms with Gasteiger partial charge in [-0.1, -0.05) is 60.7 Å². The highest BCUT2D eigenvalue weighted by Gasteiger charge is 2.18. The van der Waals surface area contributed by atoms with Gasteiger partial charge in [-0.25, -0.2) is 4.98 Å². The molecular weight excluding hydrogens is 356 g/mol. The second-order valence-electron chi connectivity index (χ2n) is 5.98. The van der Waals surface area contributed by atoms with Gasteiger partial charge >= 0.3 is 5.97 Å². The van der Waals surface area contributed by atoms with Crippen molar-refractivity contribution in [2.24, 2.45) is 0 Å². The fraction of sp³-hybridized carbons (Fsp3) is 0.227. The van der Waals surface area contributed by atoms with E-state index in [2.05, 4.69) is 9.97 Å². The summed E-state index contributed by atoms with van der Waals surface area (Å²) in [5, 5.41) is 0. The topological polar surface area (TPSA) is 70.5 Å². The monoisotopic (exact) mass is 378 g/mol. The summed E-state index contributed by atoms with van der Waals surface area (Å²) in [6.45, 7) is 2.71. The second kappa shape index (κ2) is 10.1. The largest absolute Gasteiger partial charge is 0.482 e. The van der Waals surface area contributed by atoms with E-state index in [1.54, 1.807) is 6.92 Å². The molecule has 0 bridgehead atoms. The third kappa shape index (κ3) is 5.54. The number of aromatic nitrogens is 2. The SMILES string of the molecule is CCOC(=O)Cc1ncnc(OCc2ccccc2)c1OCc1ccccc1. The van der Waals surface area contributed by atoms with Crippen molar-refractivity contribution in [1.29, 1.82) is 0 Å². The van der Waals surface area contributed by atoms with Crippen molar-refractivity contribution < 1.29 is 19.0 Å². The van der Waals surface area contributed by atoms with Gasteiger partial charge in [-0.05, 0) is 18.1 Å². The van der Waals surface area contributed by atoms with Crippen LogP contribution in [0.15, 0.2) is 67.0 Å². The number of carbonyl (C=O) groups excluding carboxylic acids is 1. The first kappa shape index (κ1) is 19.4. The summed E-state index contributed by atoms with van der Waals surface area (Å²) in [6, 6.07) is 19.5. The van der Waals surface area contributed by atoms with Gasteiger partial charge < -0.3 is 14.2 Å². The van der Waals surface area contributed by atoms with Crippen molar-refractivity contribution in [1.82, 2.24) is 9.97 Å². The molecule has 144 valence electrons. The molecule has 1 heterocycles. The molecule has 0 aliphatic heterocycles. The molecule has 0 saturated heterocycles. The van der Waals surface area contributed by atoms with Crippen molar-refractivity contribution in [2.75, 3.05) is 6.61 Å². The summed E-state index contributed by atoms with van der Waals surface area (Å²) in [4.78, 5) is 20.4. The lowest BCUT2D eigenvalue weighted by Crippen LogP contribution is -2.12. The molecule has 28 heavy (non-hydrogen) atoms. The molecule has 0 aliphatic rings. The van der Waals surface area contributed by atoms with Crippen LogP contribution in [0, 0.1) is 0 Å². The van der Waals surface area contributed by atoms with Crippen LogP contribution < -0.4 is 9.47 Å². The number of nitrogens with zero attached hydrogens (tertiary/aromatic N) is 2. The number of ether oxygens (including phenoxy) is 3. The predicted octanol–water partition coefficient (Wildman–Crippen LogP) is 3.74. The molecule has 0 saturated carbocycles. The molecule has 0 atom stereocenters. The Morgan fingerprint density at radius 2 is 1.46 bits per heavy atom. The number of rotatable bonds is 9. The summed E-state index contributed by atoms with van der Waals surface area (Å²) in [6.07, 6.45) is 1.35. The maximum atomic E-state index is 12.0. The molecule has 6 nitrogen and oxygen atoms in total. The summed E-state index contributed by atoms with van der Waals surface area (Å²) in [5.74, 6) is 0.282. The van der Waals surface area contributed by atoms with Crippen LogP contribution in [-0.2, 0) is 29.2 Å². The predicted molar refractivity (Wildman–Crippen MR) is 104 cm³/mol. The third-order valence-electron chi connectivity index (χ3n) is 3.91. The van der Waals surface area contributed by atoms with E-state index >= 15 is 0 Å². The molecule has 0 aliphatic carbocycles. The van der Waals surface area contributed by atoms with Crippen LogP contribution >= 0.6 is 0 Å². The Labute approximate surface area is 164 Å². The van der Waals surface area contributed by atoms with Crippen LogP contribution in [0.3, 0.4) is 0 Å². The van der Waals surface area contributed by atoms with Crippen LogP contribution in [0.5, 0.6) is 11.6 Å². The molecule has 0 N–H and O–H groups in total. The van der Waals surface area contributed by atoms with E-state index < -0.39 is 0 Å². The van der Waals surface area contributed by atoms with Gasteiger partial charge in [0.2, 0.25) is 5.75 Å². The summed E-state index contributed by atoms with van der Waals surface area (Å²) in [7, 11) is 0. The first-order valence-corrected chi connectivity index (χ1v) is 9.09. The average Bonchev–Trinajstić information content (AvgIpc) is 2.73. The Balaban J connectivity index is 1.80. The fourth-order valence-corrected chi connectivity index (χ4v) is 2.57. The van der Waals surface area contributed by atoms with E-state index in [4.69, 9.17) is 14.2 Å². The van der Waals surface area contributed by atoms with Crippen molar-refractivity contribution in [2.45, 2.75) is 26.6 Å². The van der Waals surface area contributed by atoms with Gasteiger partial charge in [-0.15, -0.1) is 0 Å². The summed E-state index contributed by atoms with van der Waals surface area (Å²) < 4.78 is 16.9. The van der Waals surface area contributed by atoms with E-state index in [0.29, 0.717) is 37.1 Å². The van der Waals surface area contributed by atoms with Gasteiger partial charge in [-0.3, -0.25) is 4.79 Å². The van der Waals surface area contributed by atoms with Gasteiger partial charge in [0.25, 0.3) is 5.88 Å². The number of hydrogen-bond donors (Lipinski definition) is 0. The quantitative estimate of drug-likeness (QED) is 0.528. The smallest absolute Gasteiger partial charge is 0.312 e. The number of esters is 1. The number of benzene rings is 2. The highest BCUT2D eigenvalue weighted by Crippen LogP contribution is 2.29. The third-order valence-corrected chi connectivity index (χ3v) is 3.91. The fourth-order valence-electron chi connectivity index (χ4n) is 2.57. The van der Waals surface area contributed by atoms with Gasteiger partial charge in [0.15, 0.2) is 0 Å². The molecule has 6 heteroatoms. The van der Waals surface area contributed by atoms with Gasteiger partial charge in [0.1, 0.15) is 25.2 Å². The maximum absolute atomic E-state index is 12.0. The second-order valence-corrected chi connectivity index (χ2v) is 5.98. The zero-order chi connectivity index (χ0) is 19.6. The van der Waals surface area contributed by atoms with Crippen LogP contribution in [0.25, 0.3) is 0 Å².